The van der Waals surface area contributed by atoms with Crippen molar-refractivity contribution < 1.29 is 27.3 Å². The molecule has 2 amide bonds. The second-order valence-electron chi connectivity index (χ2n) is 9.61. The van der Waals surface area contributed by atoms with Gasteiger partial charge in [-0.3, -0.25) is 9.59 Å². The second-order valence-corrected chi connectivity index (χ2v) is 11.9. The summed E-state index contributed by atoms with van der Waals surface area (Å²) in [7, 11) is 0. The molecule has 8 aromatic rings. The summed E-state index contributed by atoms with van der Waals surface area (Å²) in [6.45, 7) is 0. The molecule has 42 heavy (non-hydrogen) atoms. The van der Waals surface area contributed by atoms with E-state index in [0.29, 0.717) is 12.8 Å². The maximum absolute atomic E-state index is 10.4. The van der Waals surface area contributed by atoms with Gasteiger partial charge in [0.05, 0.1) is 28.7 Å². The van der Waals surface area contributed by atoms with Gasteiger partial charge < -0.3 is 17.7 Å². The van der Waals surface area contributed by atoms with Crippen LogP contribution < -0.4 is 0 Å². The monoisotopic (exact) mass is 749 g/mol. The minimum atomic E-state index is -0.144. The fraction of sp³-hybridized carbons (Fsp3) is 0.0625. The Labute approximate surface area is 262 Å². The van der Waals surface area contributed by atoms with E-state index in [2.05, 4.69) is 72.3 Å². The third kappa shape index (κ3) is 4.73. The van der Waals surface area contributed by atoms with Crippen LogP contribution in [0.3, 0.4) is 0 Å². The zero-order chi connectivity index (χ0) is 29.0. The molecule has 10 heteroatoms. The lowest BCUT2D eigenvalue weighted by Crippen LogP contribution is -2.16. The van der Waals surface area contributed by atoms with Crippen molar-refractivity contribution in [1.82, 2.24) is 3.93 Å². The quantitative estimate of drug-likeness (QED) is 0.113. The molecule has 9 rings (SSSR count). The normalized spacial score (nSPS) is 13.5. The van der Waals surface area contributed by atoms with Crippen LogP contribution in [-0.2, 0) is 9.59 Å². The average Bonchev–Trinajstić information content (AvgIpc) is 3.81. The molecule has 4 aromatic carbocycles. The molecular weight excluding hydrogens is 734 g/mol. The van der Waals surface area contributed by atoms with Gasteiger partial charge in [-0.05, 0) is 126 Å². The molecule has 1 fully saturated rings. The molecule has 0 saturated carbocycles. The van der Waals surface area contributed by atoms with Gasteiger partial charge in [0.15, 0.2) is 9.34 Å². The van der Waals surface area contributed by atoms with Crippen LogP contribution in [0.1, 0.15) is 12.8 Å². The first-order valence-corrected chi connectivity index (χ1v) is 15.1. The Balaban J connectivity index is 0.000000110. The van der Waals surface area contributed by atoms with Crippen molar-refractivity contribution in [2.24, 2.45) is 0 Å². The summed E-state index contributed by atoms with van der Waals surface area (Å²) in [5.74, 6) is -0.287. The Kier molecular flexibility index (Phi) is 6.92. The molecule has 208 valence electrons. The highest BCUT2D eigenvalue weighted by atomic mass is 79.9. The minimum Gasteiger partial charge on any atom is -0.464 e. The van der Waals surface area contributed by atoms with Gasteiger partial charge in [-0.2, -0.15) is 0 Å². The van der Waals surface area contributed by atoms with Crippen molar-refractivity contribution in [3.05, 3.63) is 94.7 Å². The van der Waals surface area contributed by atoms with Gasteiger partial charge in [0, 0.05) is 34.4 Å². The Bertz CT molecular complexity index is 2150. The van der Waals surface area contributed by atoms with Gasteiger partial charge >= 0.3 is 0 Å². The molecular formula is C32H18Br3NO6. The number of carbonyl (C=O) groups is 2. The third-order valence-electron chi connectivity index (χ3n) is 7.19. The largest absolute Gasteiger partial charge is 0.464 e. The molecule has 0 aliphatic carbocycles. The number of amides is 2. The van der Waals surface area contributed by atoms with E-state index in [1.165, 1.54) is 21.5 Å². The number of fused-ring (bicyclic) bond motifs is 10. The third-order valence-corrected chi connectivity index (χ3v) is 8.76. The molecule has 5 heterocycles. The summed E-state index contributed by atoms with van der Waals surface area (Å²) < 4.78 is 24.4. The zero-order valence-electron chi connectivity index (χ0n) is 21.5. The predicted molar refractivity (Wildman–Crippen MR) is 172 cm³/mol. The van der Waals surface area contributed by atoms with E-state index in [1.54, 1.807) is 12.5 Å². The van der Waals surface area contributed by atoms with Crippen molar-refractivity contribution >= 4 is 125 Å². The first-order valence-electron chi connectivity index (χ1n) is 12.8. The summed E-state index contributed by atoms with van der Waals surface area (Å²) >= 11 is 9.55. The fourth-order valence-corrected chi connectivity index (χ4v) is 6.41. The summed E-state index contributed by atoms with van der Waals surface area (Å²) in [5, 5.41) is 9.28. The van der Waals surface area contributed by atoms with Crippen molar-refractivity contribution in [2.75, 3.05) is 0 Å². The molecule has 1 aliphatic rings. The number of benzene rings is 4. The smallest absolute Gasteiger partial charge is 0.239 e. The van der Waals surface area contributed by atoms with E-state index >= 15 is 0 Å². The van der Waals surface area contributed by atoms with Gasteiger partial charge in [0.2, 0.25) is 11.8 Å². The summed E-state index contributed by atoms with van der Waals surface area (Å²) in [6, 6.07) is 24.3. The van der Waals surface area contributed by atoms with E-state index in [-0.39, 0.29) is 11.8 Å². The number of nitrogens with zero attached hydrogens (tertiary/aromatic N) is 1. The van der Waals surface area contributed by atoms with Gasteiger partial charge in [-0.15, -0.1) is 0 Å². The number of imide groups is 1. The standard InChI is InChI=1S/C14H6Br2O2.C14H8O2.C4H4BrNO2/c15-13-5-9-7-1-3-11-10(6-14(16)17-11)8(7)2-4-12(9)18-13;1-3-13-12(6-8-15-13)10-2-4-14-11(9(1)10)5-7-16-14;5-6-3(7)1-2-4(6)8/h1-6H;1-8H;1-2H2. The summed E-state index contributed by atoms with van der Waals surface area (Å²) in [5.41, 5.74) is 3.62. The van der Waals surface area contributed by atoms with Crippen molar-refractivity contribution in [2.45, 2.75) is 12.8 Å². The van der Waals surface area contributed by atoms with Gasteiger partial charge in [0.25, 0.3) is 0 Å². The first-order chi connectivity index (χ1) is 20.4. The molecule has 0 bridgehead atoms. The Morgan fingerprint density at radius 1 is 0.500 bits per heavy atom. The van der Waals surface area contributed by atoms with Crippen LogP contribution >= 0.6 is 48.0 Å². The maximum atomic E-state index is 10.4. The van der Waals surface area contributed by atoms with E-state index in [1.807, 2.05) is 48.5 Å². The van der Waals surface area contributed by atoms with E-state index in [9.17, 15) is 9.59 Å². The number of rotatable bonds is 0. The Morgan fingerprint density at radius 2 is 0.881 bits per heavy atom. The second kappa shape index (κ2) is 10.8. The van der Waals surface area contributed by atoms with E-state index in [4.69, 9.17) is 17.7 Å². The number of hydrogen-bond acceptors (Lipinski definition) is 6. The highest BCUT2D eigenvalue weighted by Gasteiger charge is 2.26. The lowest BCUT2D eigenvalue weighted by molar-refractivity contribution is -0.131. The number of furan rings is 4. The lowest BCUT2D eigenvalue weighted by Gasteiger charge is -1.99. The van der Waals surface area contributed by atoms with Crippen molar-refractivity contribution in [3.63, 3.8) is 0 Å². The average molecular weight is 752 g/mol. The molecule has 0 atom stereocenters. The van der Waals surface area contributed by atoms with Crippen LogP contribution in [0.15, 0.2) is 112 Å². The maximum Gasteiger partial charge on any atom is 0.239 e. The van der Waals surface area contributed by atoms with Gasteiger partial charge in [-0.25, -0.2) is 3.93 Å². The first kappa shape index (κ1) is 27.0. The number of halogens is 3. The highest BCUT2D eigenvalue weighted by molar-refractivity contribution is 9.10. The SMILES string of the molecule is Brc1cc2c(ccc3c4cc(Br)oc4ccc23)o1.O=C1CCC(=O)N1Br.c1cc2c(ccc3c4ccoc4ccc23)o1. The number of hydrogen-bond donors (Lipinski definition) is 0. The van der Waals surface area contributed by atoms with Crippen LogP contribution in [0.4, 0.5) is 0 Å². The summed E-state index contributed by atoms with van der Waals surface area (Å²) in [4.78, 5) is 20.9. The Hall–Kier alpha value is -3.86. The highest BCUT2D eigenvalue weighted by Crippen LogP contribution is 2.36. The molecule has 1 saturated heterocycles. The zero-order valence-corrected chi connectivity index (χ0v) is 26.3. The lowest BCUT2D eigenvalue weighted by atomic mass is 10.0. The van der Waals surface area contributed by atoms with Crippen molar-refractivity contribution in [3.8, 4) is 0 Å². The molecule has 4 aromatic heterocycles. The topological polar surface area (TPSA) is 89.9 Å². The van der Waals surface area contributed by atoms with Crippen molar-refractivity contribution in [1.29, 1.82) is 0 Å². The number of carbonyl (C=O) groups excluding carboxylic acids is 2. The molecule has 7 nitrogen and oxygen atoms in total. The molecule has 0 N–H and O–H groups in total. The molecule has 1 aliphatic heterocycles. The van der Waals surface area contributed by atoms with E-state index < -0.39 is 0 Å². The van der Waals surface area contributed by atoms with Gasteiger partial charge in [0.1, 0.15) is 22.3 Å². The van der Waals surface area contributed by atoms with Crippen LogP contribution in [0.25, 0.3) is 65.4 Å². The van der Waals surface area contributed by atoms with E-state index in [0.717, 1.165) is 57.1 Å². The minimum absolute atomic E-state index is 0.144. The molecule has 0 unspecified atom stereocenters. The molecule has 0 spiro atoms. The summed E-state index contributed by atoms with van der Waals surface area (Å²) in [6.07, 6.45) is 4.15. The van der Waals surface area contributed by atoms with Crippen LogP contribution in [0, 0.1) is 0 Å². The fourth-order valence-electron chi connectivity index (χ4n) is 5.25. The van der Waals surface area contributed by atoms with Crippen LogP contribution in [0.2, 0.25) is 0 Å². The van der Waals surface area contributed by atoms with Gasteiger partial charge in [-0.1, -0.05) is 0 Å². The van der Waals surface area contributed by atoms with Crippen LogP contribution in [0.5, 0.6) is 0 Å². The predicted octanol–water partition coefficient (Wildman–Crippen LogP) is 10.6. The van der Waals surface area contributed by atoms with Crippen LogP contribution in [-0.4, -0.2) is 15.7 Å². The molecule has 0 radical (unpaired) electrons. The Morgan fingerprint density at radius 3 is 1.26 bits per heavy atom.